The largest absolute Gasteiger partial charge is 0.509 e. The molecule has 2 nitrogen and oxygen atoms in total. The molecule has 0 radical (unpaired) electrons. The van der Waals surface area contributed by atoms with Gasteiger partial charge in [-0.1, -0.05) is 13.8 Å². The number of aliphatic hydroxyl groups excluding tert-OH is 1. The summed E-state index contributed by atoms with van der Waals surface area (Å²) in [7, 11) is 0. The van der Waals surface area contributed by atoms with Crippen molar-refractivity contribution in [3.8, 4) is 0 Å². The molecule has 0 aliphatic rings. The van der Waals surface area contributed by atoms with Crippen LogP contribution in [0.1, 0.15) is 40.5 Å². The smallest absolute Gasteiger partial charge is 0.162 e. The van der Waals surface area contributed by atoms with Gasteiger partial charge in [0.2, 0.25) is 0 Å². The Labute approximate surface area is 84.8 Å². The highest BCUT2D eigenvalue weighted by Gasteiger charge is 2.23. The fourth-order valence-electron chi connectivity index (χ4n) is 1.12. The summed E-state index contributed by atoms with van der Waals surface area (Å²) in [5, 5.41) is 9.26. The second-order valence-corrected chi connectivity index (χ2v) is 3.92. The molecule has 0 saturated heterocycles. The first kappa shape index (κ1) is 13.1. The van der Waals surface area contributed by atoms with E-state index in [0.717, 1.165) is 6.08 Å². The predicted molar refractivity (Wildman–Crippen MR) is 55.0 cm³/mol. The molecule has 1 N–H and O–H groups in total. The molecule has 0 aromatic rings. The highest BCUT2D eigenvalue weighted by molar-refractivity contribution is 5.92. The zero-order valence-electron chi connectivity index (χ0n) is 9.30. The van der Waals surface area contributed by atoms with Crippen molar-refractivity contribution in [3.05, 3.63) is 11.8 Å². The fourth-order valence-corrected chi connectivity index (χ4v) is 1.12. The summed E-state index contributed by atoms with van der Waals surface area (Å²) in [6.07, 6.45) is 2.44. The monoisotopic (exact) mass is 202 g/mol. The van der Waals surface area contributed by atoms with E-state index in [1.165, 1.54) is 13.8 Å². The van der Waals surface area contributed by atoms with Gasteiger partial charge in [-0.25, -0.2) is 4.39 Å². The molecular formula is C11H19FO2. The van der Waals surface area contributed by atoms with E-state index in [2.05, 4.69) is 0 Å². The van der Waals surface area contributed by atoms with Crippen molar-refractivity contribution in [2.75, 3.05) is 0 Å². The van der Waals surface area contributed by atoms with Crippen LogP contribution in [0.4, 0.5) is 4.39 Å². The number of hydrogen-bond acceptors (Lipinski definition) is 2. The summed E-state index contributed by atoms with van der Waals surface area (Å²) < 4.78 is 13.1. The molecule has 0 spiro atoms. The number of aliphatic hydroxyl groups is 1. The normalized spacial score (nSPS) is 13.4. The van der Waals surface area contributed by atoms with Crippen molar-refractivity contribution in [2.45, 2.75) is 46.2 Å². The van der Waals surface area contributed by atoms with Gasteiger partial charge in [0, 0.05) is 12.0 Å². The maximum Gasteiger partial charge on any atom is 0.162 e. The van der Waals surface area contributed by atoms with Crippen molar-refractivity contribution in [2.24, 2.45) is 5.92 Å². The van der Waals surface area contributed by atoms with E-state index in [-0.39, 0.29) is 11.7 Å². The van der Waals surface area contributed by atoms with Crippen LogP contribution in [-0.2, 0) is 4.79 Å². The Kier molecular flexibility index (Phi) is 4.81. The minimum atomic E-state index is -1.83. The molecule has 0 aliphatic carbocycles. The molecule has 0 aliphatic heterocycles. The zero-order chi connectivity index (χ0) is 11.4. The average Bonchev–Trinajstić information content (AvgIpc) is 2.04. The number of hydrogen-bond donors (Lipinski definition) is 1. The fraction of sp³-hybridized carbons (Fsp3) is 0.727. The molecule has 14 heavy (non-hydrogen) atoms. The molecule has 0 rings (SSSR count). The lowest BCUT2D eigenvalue weighted by Crippen LogP contribution is -2.19. The summed E-state index contributed by atoms with van der Waals surface area (Å²) in [6.45, 7) is 6.24. The molecule has 0 aromatic carbocycles. The minimum Gasteiger partial charge on any atom is -0.509 e. The van der Waals surface area contributed by atoms with Crippen molar-refractivity contribution in [3.63, 3.8) is 0 Å². The van der Waals surface area contributed by atoms with E-state index in [1.54, 1.807) is 0 Å². The number of carbonyl (C=O) groups is 1. The van der Waals surface area contributed by atoms with Gasteiger partial charge >= 0.3 is 0 Å². The van der Waals surface area contributed by atoms with Crippen LogP contribution >= 0.6 is 0 Å². The second kappa shape index (κ2) is 5.13. The summed E-state index contributed by atoms with van der Waals surface area (Å²) in [4.78, 5) is 11.5. The number of carbonyl (C=O) groups excluding carboxylic acids is 1. The van der Waals surface area contributed by atoms with E-state index < -0.39 is 11.4 Å². The second-order valence-electron chi connectivity index (χ2n) is 3.92. The molecule has 0 unspecified atom stereocenters. The highest BCUT2D eigenvalue weighted by Crippen LogP contribution is 2.19. The van der Waals surface area contributed by atoms with Crippen molar-refractivity contribution in [1.82, 2.24) is 0 Å². The van der Waals surface area contributed by atoms with E-state index in [0.29, 0.717) is 12.8 Å². The average molecular weight is 202 g/mol. The van der Waals surface area contributed by atoms with Gasteiger partial charge in [-0.15, -0.1) is 0 Å². The summed E-state index contributed by atoms with van der Waals surface area (Å²) in [5.41, 5.74) is -1.83. The van der Waals surface area contributed by atoms with Gasteiger partial charge < -0.3 is 5.11 Å². The van der Waals surface area contributed by atoms with Crippen LogP contribution in [0.2, 0.25) is 0 Å². The molecule has 0 amide bonds. The van der Waals surface area contributed by atoms with Crippen LogP contribution in [0.3, 0.4) is 0 Å². The molecule has 0 bridgehead atoms. The van der Waals surface area contributed by atoms with E-state index >= 15 is 0 Å². The molecule has 3 heteroatoms. The van der Waals surface area contributed by atoms with Gasteiger partial charge in [0.1, 0.15) is 5.76 Å². The first-order chi connectivity index (χ1) is 6.32. The lowest BCUT2D eigenvalue weighted by Gasteiger charge is -2.14. The molecule has 0 fully saturated rings. The predicted octanol–water partition coefficient (Wildman–Crippen LogP) is 3.18. The quantitative estimate of drug-likeness (QED) is 0.549. The third-order valence-corrected chi connectivity index (χ3v) is 2.28. The van der Waals surface area contributed by atoms with Crippen LogP contribution in [0, 0.1) is 5.92 Å². The standard InChI is InChI=1S/C11H19FO2/c1-5-8(6-2)9(13)7-10(14)11(3,4)12/h7-8,14H,5-6H2,1-4H3. The zero-order valence-corrected chi connectivity index (χ0v) is 9.30. The van der Waals surface area contributed by atoms with Gasteiger partial charge in [-0.3, -0.25) is 4.79 Å². The maximum absolute atomic E-state index is 13.1. The van der Waals surface area contributed by atoms with Gasteiger partial charge in [0.05, 0.1) is 0 Å². The number of rotatable bonds is 5. The van der Waals surface area contributed by atoms with Crippen LogP contribution in [-0.4, -0.2) is 16.6 Å². The Morgan fingerprint density at radius 2 is 1.86 bits per heavy atom. The first-order valence-electron chi connectivity index (χ1n) is 4.96. The third-order valence-electron chi connectivity index (χ3n) is 2.28. The Bertz CT molecular complexity index is 222. The lowest BCUT2D eigenvalue weighted by molar-refractivity contribution is -0.118. The highest BCUT2D eigenvalue weighted by atomic mass is 19.1. The SMILES string of the molecule is CCC(CC)C(=O)C=C(O)C(C)(C)F. The number of allylic oxidation sites excluding steroid dienone is 2. The van der Waals surface area contributed by atoms with Crippen LogP contribution in [0.15, 0.2) is 11.8 Å². The molecule has 0 heterocycles. The summed E-state index contributed by atoms with van der Waals surface area (Å²) in [6, 6.07) is 0. The van der Waals surface area contributed by atoms with Gasteiger partial charge in [0.25, 0.3) is 0 Å². The molecule has 82 valence electrons. The van der Waals surface area contributed by atoms with Gasteiger partial charge in [0.15, 0.2) is 11.5 Å². The first-order valence-corrected chi connectivity index (χ1v) is 4.96. The molecule has 0 aromatic heterocycles. The molecule has 0 saturated carbocycles. The third kappa shape index (κ3) is 3.90. The molecular weight excluding hydrogens is 183 g/mol. The Morgan fingerprint density at radius 3 is 2.14 bits per heavy atom. The van der Waals surface area contributed by atoms with E-state index in [9.17, 15) is 14.3 Å². The summed E-state index contributed by atoms with van der Waals surface area (Å²) >= 11 is 0. The van der Waals surface area contributed by atoms with Gasteiger partial charge in [-0.2, -0.15) is 0 Å². The van der Waals surface area contributed by atoms with Crippen molar-refractivity contribution < 1.29 is 14.3 Å². The topological polar surface area (TPSA) is 37.3 Å². The van der Waals surface area contributed by atoms with Crippen molar-refractivity contribution >= 4 is 5.78 Å². The number of halogens is 1. The van der Waals surface area contributed by atoms with Crippen LogP contribution < -0.4 is 0 Å². The maximum atomic E-state index is 13.1. The van der Waals surface area contributed by atoms with Crippen molar-refractivity contribution in [1.29, 1.82) is 0 Å². The number of ketones is 1. The van der Waals surface area contributed by atoms with E-state index in [1.807, 2.05) is 13.8 Å². The Morgan fingerprint density at radius 1 is 1.43 bits per heavy atom. The molecule has 0 atom stereocenters. The lowest BCUT2D eigenvalue weighted by atomic mass is 9.96. The van der Waals surface area contributed by atoms with Crippen LogP contribution in [0.25, 0.3) is 0 Å². The van der Waals surface area contributed by atoms with E-state index in [4.69, 9.17) is 0 Å². The van der Waals surface area contributed by atoms with Gasteiger partial charge in [-0.05, 0) is 26.7 Å². The summed E-state index contributed by atoms with van der Waals surface area (Å²) in [5.74, 6) is -0.799. The number of alkyl halides is 1. The Hall–Kier alpha value is -0.860. The van der Waals surface area contributed by atoms with Crippen LogP contribution in [0.5, 0.6) is 0 Å². The minimum absolute atomic E-state index is 0.112. The Balaban J connectivity index is 4.58.